The monoisotopic (exact) mass is 373 g/mol. The summed E-state index contributed by atoms with van der Waals surface area (Å²) in [7, 11) is 0. The smallest absolute Gasteiger partial charge is 0.322 e. The van der Waals surface area contributed by atoms with Gasteiger partial charge in [-0.15, -0.1) is 16.4 Å². The SMILES string of the molecule is O=C(Nc1nnc(-c2ccc(Cl)s2)o1)c1cc(Cl)cc(Cl)c1. The molecule has 0 spiro atoms. The lowest BCUT2D eigenvalue weighted by atomic mass is 10.2. The summed E-state index contributed by atoms with van der Waals surface area (Å²) < 4.78 is 5.97. The minimum atomic E-state index is -0.455. The molecule has 0 aliphatic carbocycles. The minimum Gasteiger partial charge on any atom is -0.402 e. The van der Waals surface area contributed by atoms with E-state index < -0.39 is 5.91 Å². The third kappa shape index (κ3) is 3.41. The topological polar surface area (TPSA) is 68.0 Å². The molecule has 0 unspecified atom stereocenters. The molecule has 0 saturated heterocycles. The largest absolute Gasteiger partial charge is 0.402 e. The molecule has 0 atom stereocenters. The van der Waals surface area contributed by atoms with Crippen LogP contribution in [0.5, 0.6) is 0 Å². The average molecular weight is 375 g/mol. The number of rotatable bonds is 3. The van der Waals surface area contributed by atoms with Crippen LogP contribution in [0.1, 0.15) is 10.4 Å². The Hall–Kier alpha value is -1.60. The van der Waals surface area contributed by atoms with Gasteiger partial charge < -0.3 is 4.42 Å². The van der Waals surface area contributed by atoms with Gasteiger partial charge >= 0.3 is 6.01 Å². The standard InChI is InChI=1S/C13H6Cl3N3O2S/c14-7-3-6(4-8(15)5-7)11(20)17-13-19-18-12(21-13)9-1-2-10(16)22-9/h1-5H,(H,17,19,20). The Labute approximate surface area is 143 Å². The van der Waals surface area contributed by atoms with Crippen LogP contribution in [0.15, 0.2) is 34.7 Å². The zero-order chi connectivity index (χ0) is 15.7. The molecule has 2 heterocycles. The summed E-state index contributed by atoms with van der Waals surface area (Å²) in [4.78, 5) is 12.8. The summed E-state index contributed by atoms with van der Waals surface area (Å²) in [5, 5.41) is 10.8. The first-order valence-corrected chi connectivity index (χ1v) is 7.83. The number of anilines is 1. The Morgan fingerprint density at radius 3 is 2.45 bits per heavy atom. The highest BCUT2D eigenvalue weighted by atomic mass is 35.5. The molecule has 0 aliphatic rings. The van der Waals surface area contributed by atoms with Crippen molar-refractivity contribution in [1.82, 2.24) is 10.2 Å². The van der Waals surface area contributed by atoms with E-state index >= 15 is 0 Å². The Bertz CT molecular complexity index is 826. The fraction of sp³-hybridized carbons (Fsp3) is 0. The summed E-state index contributed by atoms with van der Waals surface area (Å²) in [6.07, 6.45) is 0. The molecule has 22 heavy (non-hydrogen) atoms. The summed E-state index contributed by atoms with van der Waals surface area (Å²) in [6, 6.07) is 7.95. The Kier molecular flexibility index (Phi) is 4.35. The highest BCUT2D eigenvalue weighted by Crippen LogP contribution is 2.30. The zero-order valence-electron chi connectivity index (χ0n) is 10.6. The molecular weight excluding hydrogens is 369 g/mol. The molecule has 3 rings (SSSR count). The summed E-state index contributed by atoms with van der Waals surface area (Å²) in [5.41, 5.74) is 0.288. The first-order valence-electron chi connectivity index (χ1n) is 5.88. The van der Waals surface area contributed by atoms with Crippen molar-refractivity contribution < 1.29 is 9.21 Å². The second kappa shape index (κ2) is 6.26. The van der Waals surface area contributed by atoms with E-state index in [4.69, 9.17) is 39.2 Å². The Balaban J connectivity index is 1.78. The van der Waals surface area contributed by atoms with Crippen LogP contribution >= 0.6 is 46.1 Å². The number of aromatic nitrogens is 2. The van der Waals surface area contributed by atoms with Crippen molar-refractivity contribution in [2.45, 2.75) is 0 Å². The van der Waals surface area contributed by atoms with Crippen molar-refractivity contribution in [3.63, 3.8) is 0 Å². The second-order valence-corrected chi connectivity index (χ2v) is 6.72. The first-order chi connectivity index (χ1) is 10.5. The van der Waals surface area contributed by atoms with E-state index in [0.29, 0.717) is 19.3 Å². The number of hydrogen-bond donors (Lipinski definition) is 1. The number of thiophene rings is 1. The van der Waals surface area contributed by atoms with Gasteiger partial charge in [0.1, 0.15) is 0 Å². The first kappa shape index (κ1) is 15.3. The van der Waals surface area contributed by atoms with Crippen LogP contribution in [-0.4, -0.2) is 16.1 Å². The lowest BCUT2D eigenvalue weighted by Gasteiger charge is -2.02. The molecule has 5 nitrogen and oxygen atoms in total. The number of halogens is 3. The van der Waals surface area contributed by atoms with Gasteiger partial charge in [-0.25, -0.2) is 0 Å². The van der Waals surface area contributed by atoms with E-state index in [1.165, 1.54) is 29.5 Å². The lowest BCUT2D eigenvalue weighted by molar-refractivity contribution is 0.102. The van der Waals surface area contributed by atoms with Gasteiger partial charge in [0.05, 0.1) is 9.21 Å². The van der Waals surface area contributed by atoms with E-state index in [1.54, 1.807) is 12.1 Å². The number of nitrogens with zero attached hydrogens (tertiary/aromatic N) is 2. The molecular formula is C13H6Cl3N3O2S. The van der Waals surface area contributed by atoms with Gasteiger partial charge in [-0.3, -0.25) is 10.1 Å². The van der Waals surface area contributed by atoms with Gasteiger partial charge in [-0.05, 0) is 30.3 Å². The van der Waals surface area contributed by atoms with Gasteiger partial charge in [0.2, 0.25) is 0 Å². The van der Waals surface area contributed by atoms with Crippen LogP contribution in [0.25, 0.3) is 10.8 Å². The van der Waals surface area contributed by atoms with Gasteiger partial charge in [0, 0.05) is 15.6 Å². The van der Waals surface area contributed by atoms with Crippen LogP contribution in [-0.2, 0) is 0 Å². The number of carbonyl (C=O) groups is 1. The Morgan fingerprint density at radius 2 is 1.82 bits per heavy atom. The molecule has 0 radical (unpaired) electrons. The van der Waals surface area contributed by atoms with E-state index in [0.717, 1.165) is 0 Å². The number of hydrogen-bond acceptors (Lipinski definition) is 5. The molecule has 112 valence electrons. The number of benzene rings is 1. The quantitative estimate of drug-likeness (QED) is 0.699. The molecule has 0 bridgehead atoms. The van der Waals surface area contributed by atoms with Crippen LogP contribution in [0.3, 0.4) is 0 Å². The summed E-state index contributed by atoms with van der Waals surface area (Å²) in [6.45, 7) is 0. The van der Waals surface area contributed by atoms with Gasteiger partial charge in [0.15, 0.2) is 0 Å². The van der Waals surface area contributed by atoms with E-state index in [9.17, 15) is 4.79 Å². The third-order valence-corrected chi connectivity index (χ3v) is 4.21. The lowest BCUT2D eigenvalue weighted by Crippen LogP contribution is -2.12. The Morgan fingerprint density at radius 1 is 1.09 bits per heavy atom. The fourth-order valence-corrected chi connectivity index (χ4v) is 3.15. The molecule has 0 aliphatic heterocycles. The maximum atomic E-state index is 12.1. The van der Waals surface area contributed by atoms with Crippen LogP contribution in [0.4, 0.5) is 6.01 Å². The predicted octanol–water partition coefficient (Wildman–Crippen LogP) is 5.01. The molecule has 3 aromatic rings. The van der Waals surface area contributed by atoms with Crippen molar-refractivity contribution in [1.29, 1.82) is 0 Å². The van der Waals surface area contributed by atoms with Gasteiger partial charge in [-0.1, -0.05) is 39.9 Å². The number of nitrogens with one attached hydrogen (secondary N) is 1. The van der Waals surface area contributed by atoms with Crippen LogP contribution < -0.4 is 5.32 Å². The molecule has 2 aromatic heterocycles. The fourth-order valence-electron chi connectivity index (χ4n) is 1.66. The van der Waals surface area contributed by atoms with Crippen molar-refractivity contribution in [2.75, 3.05) is 5.32 Å². The second-order valence-electron chi connectivity index (χ2n) is 4.13. The maximum Gasteiger partial charge on any atom is 0.322 e. The third-order valence-electron chi connectivity index (χ3n) is 2.55. The molecule has 1 amide bonds. The molecule has 0 fully saturated rings. The van der Waals surface area contributed by atoms with Crippen LogP contribution in [0.2, 0.25) is 14.4 Å². The van der Waals surface area contributed by atoms with Gasteiger partial charge in [0.25, 0.3) is 11.8 Å². The minimum absolute atomic E-state index is 0.0272. The molecule has 0 saturated carbocycles. The van der Waals surface area contributed by atoms with E-state index in [1.807, 2.05) is 0 Å². The van der Waals surface area contributed by atoms with Crippen molar-refractivity contribution in [3.8, 4) is 10.8 Å². The van der Waals surface area contributed by atoms with Crippen LogP contribution in [0, 0.1) is 0 Å². The molecule has 1 aromatic carbocycles. The summed E-state index contributed by atoms with van der Waals surface area (Å²) in [5.74, 6) is -0.180. The number of amides is 1. The zero-order valence-corrected chi connectivity index (χ0v) is 13.7. The summed E-state index contributed by atoms with van der Waals surface area (Å²) >= 11 is 18.9. The predicted molar refractivity (Wildman–Crippen MR) is 87.0 cm³/mol. The number of carbonyl (C=O) groups excluding carboxylic acids is 1. The maximum absolute atomic E-state index is 12.1. The normalized spacial score (nSPS) is 10.7. The molecule has 1 N–H and O–H groups in total. The van der Waals surface area contributed by atoms with Crippen molar-refractivity contribution in [3.05, 3.63) is 50.3 Å². The van der Waals surface area contributed by atoms with E-state index in [-0.39, 0.29) is 17.5 Å². The van der Waals surface area contributed by atoms with Crippen molar-refractivity contribution >= 4 is 58.1 Å². The van der Waals surface area contributed by atoms with Crippen molar-refractivity contribution in [2.24, 2.45) is 0 Å². The highest BCUT2D eigenvalue weighted by molar-refractivity contribution is 7.19. The highest BCUT2D eigenvalue weighted by Gasteiger charge is 2.14. The molecule has 9 heteroatoms. The van der Waals surface area contributed by atoms with Gasteiger partial charge in [-0.2, -0.15) is 0 Å². The van der Waals surface area contributed by atoms with E-state index in [2.05, 4.69) is 15.5 Å². The average Bonchev–Trinajstić information content (AvgIpc) is 3.06.